The molecule has 1 N–H and O–H groups in total. The van der Waals surface area contributed by atoms with Crippen molar-refractivity contribution >= 4 is 11.6 Å². The Morgan fingerprint density at radius 2 is 1.31 bits per heavy atom. The van der Waals surface area contributed by atoms with E-state index in [1.54, 1.807) is 48.5 Å². The van der Waals surface area contributed by atoms with Gasteiger partial charge in [-0.3, -0.25) is 4.79 Å². The first-order chi connectivity index (χ1) is 13.9. The standard InChI is InChI=1S/C21H13F5N2O/c22-14-15(23)17(25)19(18(26)16(14)24)27-20-12-8-4-5-9-13(12)21(29)28(20)10-11-6-2-1-3-7-11/h1-9,20,27H,10H2/t20-/m1/s1. The summed E-state index contributed by atoms with van der Waals surface area (Å²) in [7, 11) is 0. The first kappa shape index (κ1) is 18.9. The molecule has 3 aromatic rings. The van der Waals surface area contributed by atoms with Gasteiger partial charge in [-0.1, -0.05) is 48.5 Å². The van der Waals surface area contributed by atoms with E-state index in [1.807, 2.05) is 0 Å². The number of hydrogen-bond donors (Lipinski definition) is 1. The molecule has 29 heavy (non-hydrogen) atoms. The first-order valence-corrected chi connectivity index (χ1v) is 8.62. The third kappa shape index (κ3) is 3.10. The highest BCUT2D eigenvalue weighted by Gasteiger charge is 2.38. The number of amides is 1. The smallest absolute Gasteiger partial charge is 0.256 e. The van der Waals surface area contributed by atoms with Gasteiger partial charge < -0.3 is 10.2 Å². The van der Waals surface area contributed by atoms with E-state index < -0.39 is 46.8 Å². The molecule has 3 aromatic carbocycles. The van der Waals surface area contributed by atoms with Crippen molar-refractivity contribution in [1.29, 1.82) is 0 Å². The molecular formula is C21H13F5N2O. The van der Waals surface area contributed by atoms with Crippen molar-refractivity contribution in [3.05, 3.63) is 100 Å². The fourth-order valence-corrected chi connectivity index (χ4v) is 3.34. The van der Waals surface area contributed by atoms with Gasteiger partial charge in [0.25, 0.3) is 5.91 Å². The van der Waals surface area contributed by atoms with Crippen molar-refractivity contribution < 1.29 is 26.7 Å². The molecular weight excluding hydrogens is 391 g/mol. The molecule has 1 aliphatic rings. The minimum absolute atomic E-state index is 0.0709. The highest BCUT2D eigenvalue weighted by atomic mass is 19.2. The summed E-state index contributed by atoms with van der Waals surface area (Å²) in [5.74, 6) is -10.8. The SMILES string of the molecule is O=C1c2ccccc2[C@H](Nc2c(F)c(F)c(F)c(F)c2F)N1Cc1ccccc1. The van der Waals surface area contributed by atoms with Gasteiger partial charge in [0.05, 0.1) is 0 Å². The van der Waals surface area contributed by atoms with E-state index in [9.17, 15) is 26.7 Å². The summed E-state index contributed by atoms with van der Waals surface area (Å²) in [5.41, 5.74) is 0.203. The van der Waals surface area contributed by atoms with Gasteiger partial charge in [-0.2, -0.15) is 0 Å². The Labute approximate surface area is 162 Å². The second kappa shape index (κ2) is 7.20. The van der Waals surface area contributed by atoms with Gasteiger partial charge in [0.2, 0.25) is 5.82 Å². The van der Waals surface area contributed by atoms with E-state index >= 15 is 0 Å². The van der Waals surface area contributed by atoms with Crippen LogP contribution in [0.4, 0.5) is 27.6 Å². The van der Waals surface area contributed by atoms with Crippen molar-refractivity contribution in [2.45, 2.75) is 12.7 Å². The molecule has 0 unspecified atom stereocenters. The number of halogens is 5. The maximum absolute atomic E-state index is 14.2. The van der Waals surface area contributed by atoms with Crippen molar-refractivity contribution in [2.75, 3.05) is 5.32 Å². The molecule has 0 fully saturated rings. The number of nitrogens with zero attached hydrogens (tertiary/aromatic N) is 1. The quantitative estimate of drug-likeness (QED) is 0.371. The number of carbonyl (C=O) groups excluding carboxylic acids is 1. The van der Waals surface area contributed by atoms with Crippen LogP contribution >= 0.6 is 0 Å². The normalized spacial score (nSPS) is 15.6. The van der Waals surface area contributed by atoms with Gasteiger partial charge in [0.15, 0.2) is 23.3 Å². The number of rotatable bonds is 4. The number of fused-ring (bicyclic) bond motifs is 1. The lowest BCUT2D eigenvalue weighted by atomic mass is 10.1. The lowest BCUT2D eigenvalue weighted by molar-refractivity contribution is 0.0728. The molecule has 0 saturated heterocycles. The van der Waals surface area contributed by atoms with E-state index in [-0.39, 0.29) is 12.1 Å². The zero-order valence-electron chi connectivity index (χ0n) is 14.7. The lowest BCUT2D eigenvalue weighted by Gasteiger charge is -2.27. The lowest BCUT2D eigenvalue weighted by Crippen LogP contribution is -2.32. The highest BCUT2D eigenvalue weighted by Crippen LogP contribution is 2.37. The average molecular weight is 404 g/mol. The van der Waals surface area contributed by atoms with Crippen LogP contribution in [0, 0.1) is 29.1 Å². The minimum Gasteiger partial charge on any atom is -0.356 e. The second-order valence-corrected chi connectivity index (χ2v) is 6.50. The summed E-state index contributed by atoms with van der Waals surface area (Å²) < 4.78 is 69.0. The van der Waals surface area contributed by atoms with Gasteiger partial charge in [-0.15, -0.1) is 0 Å². The number of hydrogen-bond acceptors (Lipinski definition) is 2. The summed E-state index contributed by atoms with van der Waals surface area (Å²) in [6.07, 6.45) is -1.12. The van der Waals surface area contributed by atoms with Crippen LogP contribution in [0.5, 0.6) is 0 Å². The average Bonchev–Trinajstić information content (AvgIpc) is 3.00. The maximum atomic E-state index is 14.2. The second-order valence-electron chi connectivity index (χ2n) is 6.50. The number of carbonyl (C=O) groups is 1. The van der Waals surface area contributed by atoms with Crippen LogP contribution in [0.3, 0.4) is 0 Å². The largest absolute Gasteiger partial charge is 0.356 e. The number of benzene rings is 3. The Morgan fingerprint density at radius 1 is 0.759 bits per heavy atom. The van der Waals surface area contributed by atoms with Crippen LogP contribution in [0.25, 0.3) is 0 Å². The number of nitrogens with one attached hydrogen (secondary N) is 1. The molecule has 1 atom stereocenters. The third-order valence-corrected chi connectivity index (χ3v) is 4.74. The van der Waals surface area contributed by atoms with Crippen molar-refractivity contribution in [1.82, 2.24) is 4.90 Å². The molecule has 0 saturated carbocycles. The van der Waals surface area contributed by atoms with Gasteiger partial charge in [0.1, 0.15) is 11.9 Å². The van der Waals surface area contributed by atoms with Gasteiger partial charge in [-0.25, -0.2) is 22.0 Å². The Balaban J connectivity index is 1.79. The molecule has 1 heterocycles. The predicted octanol–water partition coefficient (Wildman–Crippen LogP) is 5.15. The van der Waals surface area contributed by atoms with Crippen LogP contribution in [0.15, 0.2) is 54.6 Å². The molecule has 0 aromatic heterocycles. The monoisotopic (exact) mass is 404 g/mol. The molecule has 0 bridgehead atoms. The highest BCUT2D eigenvalue weighted by molar-refractivity contribution is 5.99. The topological polar surface area (TPSA) is 32.3 Å². The van der Waals surface area contributed by atoms with Gasteiger partial charge in [0, 0.05) is 17.7 Å². The van der Waals surface area contributed by atoms with Crippen LogP contribution in [-0.4, -0.2) is 10.8 Å². The van der Waals surface area contributed by atoms with Crippen LogP contribution in [0.2, 0.25) is 0 Å². The molecule has 148 valence electrons. The van der Waals surface area contributed by atoms with Crippen LogP contribution in [0.1, 0.15) is 27.7 Å². The van der Waals surface area contributed by atoms with Crippen LogP contribution in [-0.2, 0) is 6.54 Å². The zero-order valence-corrected chi connectivity index (χ0v) is 14.7. The van der Waals surface area contributed by atoms with Gasteiger partial charge in [-0.05, 0) is 11.6 Å². The fourth-order valence-electron chi connectivity index (χ4n) is 3.34. The molecule has 0 aliphatic carbocycles. The molecule has 0 spiro atoms. The van der Waals surface area contributed by atoms with Gasteiger partial charge >= 0.3 is 0 Å². The van der Waals surface area contributed by atoms with E-state index in [4.69, 9.17) is 0 Å². The Hall–Kier alpha value is -3.42. The first-order valence-electron chi connectivity index (χ1n) is 8.62. The molecule has 8 heteroatoms. The third-order valence-electron chi connectivity index (χ3n) is 4.74. The minimum atomic E-state index is -2.24. The summed E-state index contributed by atoms with van der Waals surface area (Å²) in [5, 5.41) is 2.35. The molecule has 1 aliphatic heterocycles. The van der Waals surface area contributed by atoms with Crippen molar-refractivity contribution in [3.8, 4) is 0 Å². The van der Waals surface area contributed by atoms with E-state index in [0.29, 0.717) is 5.56 Å². The summed E-state index contributed by atoms with van der Waals surface area (Å²) >= 11 is 0. The van der Waals surface area contributed by atoms with Crippen molar-refractivity contribution in [2.24, 2.45) is 0 Å². The fraction of sp³-hybridized carbons (Fsp3) is 0.0952. The van der Waals surface area contributed by atoms with E-state index in [0.717, 1.165) is 5.56 Å². The van der Waals surface area contributed by atoms with Crippen molar-refractivity contribution in [3.63, 3.8) is 0 Å². The van der Waals surface area contributed by atoms with Crippen LogP contribution < -0.4 is 5.32 Å². The maximum Gasteiger partial charge on any atom is 0.256 e. The Morgan fingerprint density at radius 3 is 1.97 bits per heavy atom. The zero-order chi connectivity index (χ0) is 20.7. The molecule has 1 amide bonds. The van der Waals surface area contributed by atoms with E-state index in [1.165, 1.54) is 11.0 Å². The summed E-state index contributed by atoms with van der Waals surface area (Å²) in [6, 6.07) is 15.2. The molecule has 0 radical (unpaired) electrons. The van der Waals surface area contributed by atoms with E-state index in [2.05, 4.69) is 5.32 Å². The Bertz CT molecular complexity index is 1070. The summed E-state index contributed by atoms with van der Waals surface area (Å²) in [6.45, 7) is 0.0709. The predicted molar refractivity (Wildman–Crippen MR) is 95.4 cm³/mol. The molecule has 3 nitrogen and oxygen atoms in total. The summed E-state index contributed by atoms with van der Waals surface area (Å²) in [4.78, 5) is 14.1. The Kier molecular flexibility index (Phi) is 4.70. The number of anilines is 1. The molecule has 4 rings (SSSR count).